The molecule has 0 saturated carbocycles. The highest BCUT2D eigenvalue weighted by molar-refractivity contribution is 4.91. The number of nitrogens with one attached hydrogen (secondary N) is 1. The lowest BCUT2D eigenvalue weighted by molar-refractivity contribution is 0.150. The minimum atomic E-state index is 0.756. The van der Waals surface area contributed by atoms with Crippen LogP contribution in [0.15, 0.2) is 6.20 Å². The Balaban J connectivity index is 1.70. The molecule has 0 bridgehead atoms. The molecule has 1 aliphatic rings. The minimum Gasteiger partial charge on any atom is -0.314 e. The monoisotopic (exact) mass is 293 g/mol. The second-order valence-corrected chi connectivity index (χ2v) is 6.60. The minimum absolute atomic E-state index is 0.756. The van der Waals surface area contributed by atoms with Crippen LogP contribution in [0.5, 0.6) is 0 Å². The van der Waals surface area contributed by atoms with Crippen molar-refractivity contribution in [3.8, 4) is 0 Å². The highest BCUT2D eigenvalue weighted by atomic mass is 15.4. The number of hydrogen-bond donors (Lipinski definition) is 1. The molecular formula is C16H31N5. The number of piperidine rings is 1. The Morgan fingerprint density at radius 1 is 1.38 bits per heavy atom. The third kappa shape index (κ3) is 5.40. The summed E-state index contributed by atoms with van der Waals surface area (Å²) in [5.41, 5.74) is 1.03. The van der Waals surface area contributed by atoms with E-state index >= 15 is 0 Å². The summed E-state index contributed by atoms with van der Waals surface area (Å²) in [5, 5.41) is 11.5. The molecule has 1 atom stereocenters. The third-order valence-electron chi connectivity index (χ3n) is 4.45. The molecule has 0 aromatic carbocycles. The average Bonchev–Trinajstić information content (AvgIpc) is 2.89. The van der Waals surface area contributed by atoms with E-state index in [0.29, 0.717) is 0 Å². The number of aromatic nitrogens is 3. The molecule has 0 amide bonds. The first-order valence-corrected chi connectivity index (χ1v) is 8.47. The summed E-state index contributed by atoms with van der Waals surface area (Å²) in [4.78, 5) is 2.64. The van der Waals surface area contributed by atoms with Crippen LogP contribution in [0.4, 0.5) is 0 Å². The van der Waals surface area contributed by atoms with Gasteiger partial charge < -0.3 is 10.2 Å². The van der Waals surface area contributed by atoms with Crippen LogP contribution in [-0.2, 0) is 13.1 Å². The summed E-state index contributed by atoms with van der Waals surface area (Å²) < 4.78 is 2.02. The molecular weight excluding hydrogens is 262 g/mol. The van der Waals surface area contributed by atoms with Crippen LogP contribution < -0.4 is 5.32 Å². The lowest BCUT2D eigenvalue weighted by atomic mass is 9.95. The molecule has 21 heavy (non-hydrogen) atoms. The Bertz CT molecular complexity index is 395. The third-order valence-corrected chi connectivity index (χ3v) is 4.45. The van der Waals surface area contributed by atoms with Crippen molar-refractivity contribution in [2.45, 2.75) is 52.6 Å². The second-order valence-electron chi connectivity index (χ2n) is 6.60. The van der Waals surface area contributed by atoms with Gasteiger partial charge in [-0.1, -0.05) is 25.5 Å². The summed E-state index contributed by atoms with van der Waals surface area (Å²) in [5.74, 6) is 1.60. The number of hydrogen-bond acceptors (Lipinski definition) is 4. The first-order valence-electron chi connectivity index (χ1n) is 8.47. The van der Waals surface area contributed by atoms with Crippen molar-refractivity contribution in [1.29, 1.82) is 0 Å². The quantitative estimate of drug-likeness (QED) is 0.798. The summed E-state index contributed by atoms with van der Waals surface area (Å²) >= 11 is 0. The van der Waals surface area contributed by atoms with E-state index in [-0.39, 0.29) is 0 Å². The molecule has 0 unspecified atom stereocenters. The van der Waals surface area contributed by atoms with Crippen molar-refractivity contribution in [3.05, 3.63) is 11.9 Å². The molecule has 2 heterocycles. The fraction of sp³-hybridized carbons (Fsp3) is 0.875. The number of nitrogens with zero attached hydrogens (tertiary/aromatic N) is 4. The molecule has 1 saturated heterocycles. The van der Waals surface area contributed by atoms with E-state index < -0.39 is 0 Å². The second kappa shape index (κ2) is 8.49. The van der Waals surface area contributed by atoms with Gasteiger partial charge in [0.05, 0.1) is 5.69 Å². The van der Waals surface area contributed by atoms with Gasteiger partial charge in [0.2, 0.25) is 0 Å². The van der Waals surface area contributed by atoms with E-state index in [1.807, 2.05) is 11.7 Å². The maximum absolute atomic E-state index is 4.23. The van der Waals surface area contributed by atoms with Crippen LogP contribution in [0.1, 0.15) is 45.2 Å². The largest absolute Gasteiger partial charge is 0.314 e. The molecule has 5 heteroatoms. The Hall–Kier alpha value is -0.940. The van der Waals surface area contributed by atoms with E-state index in [4.69, 9.17) is 0 Å². The van der Waals surface area contributed by atoms with E-state index in [2.05, 4.69) is 40.6 Å². The topological polar surface area (TPSA) is 46.0 Å². The molecule has 1 aliphatic heterocycles. The zero-order chi connectivity index (χ0) is 15.1. The van der Waals surface area contributed by atoms with Crippen LogP contribution in [-0.4, -0.2) is 46.6 Å². The van der Waals surface area contributed by atoms with Crippen molar-refractivity contribution < 1.29 is 0 Å². The fourth-order valence-electron chi connectivity index (χ4n) is 3.33. The van der Waals surface area contributed by atoms with E-state index in [1.54, 1.807) is 0 Å². The predicted octanol–water partition coefficient (Wildman–Crippen LogP) is 2.15. The molecule has 1 fully saturated rings. The summed E-state index contributed by atoms with van der Waals surface area (Å²) in [6.45, 7) is 10.3. The van der Waals surface area contributed by atoms with Crippen molar-refractivity contribution in [1.82, 2.24) is 25.2 Å². The maximum atomic E-state index is 4.23. The number of likely N-dealkylation sites (tertiary alicyclic amines) is 1. The van der Waals surface area contributed by atoms with Crippen LogP contribution >= 0.6 is 0 Å². The van der Waals surface area contributed by atoms with Gasteiger partial charge in [-0.25, -0.2) is 0 Å². The molecule has 120 valence electrons. The Labute approximate surface area is 129 Å². The zero-order valence-electron chi connectivity index (χ0n) is 13.9. The van der Waals surface area contributed by atoms with Crippen molar-refractivity contribution in [3.63, 3.8) is 0 Å². The molecule has 5 nitrogen and oxygen atoms in total. The highest BCUT2D eigenvalue weighted by Crippen LogP contribution is 2.20. The van der Waals surface area contributed by atoms with Crippen LogP contribution in [0.3, 0.4) is 0 Å². The predicted molar refractivity (Wildman–Crippen MR) is 86.0 cm³/mol. The highest BCUT2D eigenvalue weighted by Gasteiger charge is 2.21. The Morgan fingerprint density at radius 3 is 2.81 bits per heavy atom. The first-order chi connectivity index (χ1) is 10.2. The van der Waals surface area contributed by atoms with Gasteiger partial charge in [0.15, 0.2) is 0 Å². The Morgan fingerprint density at radius 2 is 2.14 bits per heavy atom. The molecule has 0 radical (unpaired) electrons. The molecule has 1 aromatic heterocycles. The molecule has 0 spiro atoms. The summed E-state index contributed by atoms with van der Waals surface area (Å²) in [6.07, 6.45) is 7.32. The maximum Gasteiger partial charge on any atom is 0.0964 e. The average molecular weight is 293 g/mol. The van der Waals surface area contributed by atoms with Gasteiger partial charge >= 0.3 is 0 Å². The fourth-order valence-corrected chi connectivity index (χ4v) is 3.33. The lowest BCUT2D eigenvalue weighted by Crippen LogP contribution is -2.37. The molecule has 0 aliphatic carbocycles. The van der Waals surface area contributed by atoms with Gasteiger partial charge in [-0.2, -0.15) is 0 Å². The molecule has 1 aromatic rings. The standard InChI is InChI=1S/C16H31N5/c1-4-5-14(2)11-20-8-6-15(7-9-20)12-21-13-16(10-17-3)18-19-21/h13-15,17H,4-12H2,1-3H3/t14-/m0/s1. The molecule has 1 N–H and O–H groups in total. The lowest BCUT2D eigenvalue weighted by Gasteiger charge is -2.33. The van der Waals surface area contributed by atoms with Crippen molar-refractivity contribution >= 4 is 0 Å². The first kappa shape index (κ1) is 16.4. The summed E-state index contributed by atoms with van der Waals surface area (Å²) in [6, 6.07) is 0. The van der Waals surface area contributed by atoms with Gasteiger partial charge in [0, 0.05) is 25.8 Å². The molecule has 2 rings (SSSR count). The van der Waals surface area contributed by atoms with Crippen LogP contribution in [0, 0.1) is 11.8 Å². The smallest absolute Gasteiger partial charge is 0.0964 e. The SMILES string of the molecule is CCC[C@H](C)CN1CCC(Cn2cc(CNC)nn2)CC1. The van der Waals surface area contributed by atoms with Crippen molar-refractivity contribution in [2.24, 2.45) is 11.8 Å². The Kier molecular flexibility index (Phi) is 6.64. The van der Waals surface area contributed by atoms with Gasteiger partial charge in [-0.05, 0) is 51.2 Å². The summed E-state index contributed by atoms with van der Waals surface area (Å²) in [7, 11) is 1.94. The van der Waals surface area contributed by atoms with E-state index in [1.165, 1.54) is 45.3 Å². The normalized spacial score (nSPS) is 19.0. The van der Waals surface area contributed by atoms with Gasteiger partial charge in [-0.3, -0.25) is 4.68 Å². The van der Waals surface area contributed by atoms with E-state index in [9.17, 15) is 0 Å². The van der Waals surface area contributed by atoms with Crippen LogP contribution in [0.25, 0.3) is 0 Å². The van der Waals surface area contributed by atoms with Gasteiger partial charge in [-0.15, -0.1) is 5.10 Å². The van der Waals surface area contributed by atoms with Gasteiger partial charge in [0.25, 0.3) is 0 Å². The number of rotatable bonds is 8. The van der Waals surface area contributed by atoms with Crippen molar-refractivity contribution in [2.75, 3.05) is 26.7 Å². The zero-order valence-corrected chi connectivity index (χ0v) is 13.9. The van der Waals surface area contributed by atoms with Gasteiger partial charge in [0.1, 0.15) is 0 Å². The van der Waals surface area contributed by atoms with E-state index in [0.717, 1.165) is 30.6 Å². The van der Waals surface area contributed by atoms with Crippen LogP contribution in [0.2, 0.25) is 0 Å².